The van der Waals surface area contributed by atoms with Crippen LogP contribution in [0.4, 0.5) is 0 Å². The van der Waals surface area contributed by atoms with E-state index in [1.807, 2.05) is 0 Å². The van der Waals surface area contributed by atoms with Crippen LogP contribution in [0.2, 0.25) is 0 Å². The van der Waals surface area contributed by atoms with Gasteiger partial charge in [0.05, 0.1) is 19.8 Å². The number of aliphatic imine (C=N–C) groups is 1. The number of amidine groups is 1. The Hall–Kier alpha value is -1.55. The van der Waals surface area contributed by atoms with E-state index in [2.05, 4.69) is 36.3 Å². The highest BCUT2D eigenvalue weighted by Gasteiger charge is 2.31. The number of nitrogens with one attached hydrogen (secondary N) is 1. The molecule has 1 aromatic rings. The first-order valence-corrected chi connectivity index (χ1v) is 6.80. The molecule has 2 aliphatic rings. The van der Waals surface area contributed by atoms with Crippen LogP contribution >= 0.6 is 0 Å². The van der Waals surface area contributed by atoms with Crippen molar-refractivity contribution in [2.45, 2.75) is 32.5 Å². The van der Waals surface area contributed by atoms with Gasteiger partial charge >= 0.3 is 0 Å². The van der Waals surface area contributed by atoms with Gasteiger partial charge in [-0.2, -0.15) is 0 Å². The van der Waals surface area contributed by atoms with Gasteiger partial charge in [0.25, 0.3) is 0 Å². The number of hydrogen-bond acceptors (Lipinski definition) is 4. The van der Waals surface area contributed by atoms with E-state index in [1.165, 1.54) is 16.7 Å². The van der Waals surface area contributed by atoms with Crippen molar-refractivity contribution in [3.63, 3.8) is 0 Å². The Kier molecular flexibility index (Phi) is 3.19. The monoisotopic (exact) mass is 260 g/mol. The molecule has 0 saturated carbocycles. The maximum atomic E-state index is 6.10. The van der Waals surface area contributed by atoms with E-state index in [4.69, 9.17) is 9.47 Å². The van der Waals surface area contributed by atoms with Crippen molar-refractivity contribution in [1.29, 1.82) is 0 Å². The van der Waals surface area contributed by atoms with Crippen molar-refractivity contribution in [3.05, 3.63) is 28.8 Å². The van der Waals surface area contributed by atoms with Gasteiger partial charge in [-0.25, -0.2) is 0 Å². The SMILES string of the molecule is COc1cc(C)c2c(c1)C(C1=NCCN1)OC(C)C2. The minimum absolute atomic E-state index is 0.0740. The largest absolute Gasteiger partial charge is 0.497 e. The normalized spacial score (nSPS) is 25.5. The summed E-state index contributed by atoms with van der Waals surface area (Å²) in [5, 5.41) is 3.33. The minimum atomic E-state index is -0.0740. The quantitative estimate of drug-likeness (QED) is 0.884. The molecule has 0 radical (unpaired) electrons. The van der Waals surface area contributed by atoms with Gasteiger partial charge < -0.3 is 14.8 Å². The molecular formula is C15H20N2O2. The molecule has 102 valence electrons. The van der Waals surface area contributed by atoms with Crippen molar-refractivity contribution in [2.24, 2.45) is 4.99 Å². The second kappa shape index (κ2) is 4.85. The molecule has 0 aromatic heterocycles. The molecule has 4 heteroatoms. The van der Waals surface area contributed by atoms with Gasteiger partial charge in [0.15, 0.2) is 0 Å². The molecular weight excluding hydrogens is 240 g/mol. The predicted octanol–water partition coefficient (Wildman–Crippen LogP) is 2.01. The number of rotatable bonds is 2. The predicted molar refractivity (Wildman–Crippen MR) is 75.0 cm³/mol. The van der Waals surface area contributed by atoms with E-state index in [0.717, 1.165) is 31.1 Å². The third-order valence-electron chi connectivity index (χ3n) is 3.81. The molecule has 3 rings (SSSR count). The molecule has 2 aliphatic heterocycles. The lowest BCUT2D eigenvalue weighted by atomic mass is 9.90. The van der Waals surface area contributed by atoms with Crippen LogP contribution in [-0.4, -0.2) is 32.1 Å². The van der Waals surface area contributed by atoms with E-state index < -0.39 is 0 Å². The fourth-order valence-electron chi connectivity index (χ4n) is 2.89. The highest BCUT2D eigenvalue weighted by molar-refractivity contribution is 5.89. The van der Waals surface area contributed by atoms with E-state index in [1.54, 1.807) is 7.11 Å². The summed E-state index contributed by atoms with van der Waals surface area (Å²) in [4.78, 5) is 4.52. The number of benzene rings is 1. The molecule has 0 amide bonds. The Morgan fingerprint density at radius 1 is 1.42 bits per heavy atom. The fraction of sp³-hybridized carbons (Fsp3) is 0.533. The molecule has 1 aromatic carbocycles. The first-order valence-electron chi connectivity index (χ1n) is 6.80. The van der Waals surface area contributed by atoms with Crippen LogP contribution in [-0.2, 0) is 11.2 Å². The molecule has 2 unspecified atom stereocenters. The summed E-state index contributed by atoms with van der Waals surface area (Å²) in [5.41, 5.74) is 3.84. The summed E-state index contributed by atoms with van der Waals surface area (Å²) in [6.45, 7) is 6.00. The van der Waals surface area contributed by atoms with E-state index >= 15 is 0 Å². The summed E-state index contributed by atoms with van der Waals surface area (Å²) >= 11 is 0. The van der Waals surface area contributed by atoms with Crippen LogP contribution in [0, 0.1) is 6.92 Å². The van der Waals surface area contributed by atoms with Crippen molar-refractivity contribution in [3.8, 4) is 5.75 Å². The second-order valence-corrected chi connectivity index (χ2v) is 5.24. The molecule has 0 fully saturated rings. The number of nitrogens with zero attached hydrogens (tertiary/aromatic N) is 1. The number of ether oxygens (including phenoxy) is 2. The van der Waals surface area contributed by atoms with Crippen molar-refractivity contribution in [1.82, 2.24) is 5.32 Å². The number of aryl methyl sites for hydroxylation is 1. The number of hydrogen-bond donors (Lipinski definition) is 1. The lowest BCUT2D eigenvalue weighted by molar-refractivity contribution is 0.0205. The summed E-state index contributed by atoms with van der Waals surface area (Å²) in [5.74, 6) is 1.85. The topological polar surface area (TPSA) is 42.8 Å². The molecule has 19 heavy (non-hydrogen) atoms. The van der Waals surface area contributed by atoms with Crippen LogP contribution in [0.25, 0.3) is 0 Å². The van der Waals surface area contributed by atoms with Gasteiger partial charge in [-0.15, -0.1) is 0 Å². The average Bonchev–Trinajstić information content (AvgIpc) is 2.92. The third kappa shape index (κ3) is 2.21. The summed E-state index contributed by atoms with van der Waals surface area (Å²) < 4.78 is 11.5. The first kappa shape index (κ1) is 12.5. The molecule has 2 heterocycles. The Labute approximate surface area is 113 Å². The van der Waals surface area contributed by atoms with Crippen LogP contribution in [0.3, 0.4) is 0 Å². The molecule has 1 N–H and O–H groups in total. The second-order valence-electron chi connectivity index (χ2n) is 5.24. The van der Waals surface area contributed by atoms with Gasteiger partial charge in [0.1, 0.15) is 17.7 Å². The third-order valence-corrected chi connectivity index (χ3v) is 3.81. The smallest absolute Gasteiger partial charge is 0.140 e. The van der Waals surface area contributed by atoms with Gasteiger partial charge in [-0.3, -0.25) is 4.99 Å². The van der Waals surface area contributed by atoms with Crippen LogP contribution in [0.15, 0.2) is 17.1 Å². The standard InChI is InChI=1S/C15H20N2O2/c1-9-6-11(18-3)8-13-12(9)7-10(2)19-14(13)15-16-4-5-17-15/h6,8,10,14H,4-5,7H2,1-3H3,(H,16,17). The Bertz CT molecular complexity index is 525. The number of fused-ring (bicyclic) bond motifs is 1. The van der Waals surface area contributed by atoms with Crippen molar-refractivity contribution >= 4 is 5.84 Å². The number of methoxy groups -OCH3 is 1. The Balaban J connectivity index is 2.08. The zero-order chi connectivity index (χ0) is 13.4. The van der Waals surface area contributed by atoms with E-state index in [9.17, 15) is 0 Å². The average molecular weight is 260 g/mol. The van der Waals surface area contributed by atoms with Crippen LogP contribution < -0.4 is 10.1 Å². The molecule has 0 spiro atoms. The summed E-state index contributed by atoms with van der Waals surface area (Å²) in [7, 11) is 1.70. The van der Waals surface area contributed by atoms with Gasteiger partial charge in [-0.05, 0) is 49.1 Å². The first-order chi connectivity index (χ1) is 9.19. The highest BCUT2D eigenvalue weighted by atomic mass is 16.5. The van der Waals surface area contributed by atoms with E-state index in [-0.39, 0.29) is 12.2 Å². The summed E-state index contributed by atoms with van der Waals surface area (Å²) in [6.07, 6.45) is 1.10. The lowest BCUT2D eigenvalue weighted by Crippen LogP contribution is -2.34. The Morgan fingerprint density at radius 3 is 2.95 bits per heavy atom. The summed E-state index contributed by atoms with van der Waals surface area (Å²) in [6, 6.07) is 4.18. The van der Waals surface area contributed by atoms with Crippen molar-refractivity contribution < 1.29 is 9.47 Å². The zero-order valence-electron chi connectivity index (χ0n) is 11.7. The lowest BCUT2D eigenvalue weighted by Gasteiger charge is -2.32. The molecule has 2 atom stereocenters. The maximum Gasteiger partial charge on any atom is 0.140 e. The van der Waals surface area contributed by atoms with Crippen LogP contribution in [0.5, 0.6) is 5.75 Å². The molecule has 0 aliphatic carbocycles. The molecule has 0 saturated heterocycles. The molecule has 4 nitrogen and oxygen atoms in total. The van der Waals surface area contributed by atoms with Crippen molar-refractivity contribution in [2.75, 3.05) is 20.2 Å². The van der Waals surface area contributed by atoms with Gasteiger partial charge in [0.2, 0.25) is 0 Å². The minimum Gasteiger partial charge on any atom is -0.497 e. The molecule has 0 bridgehead atoms. The van der Waals surface area contributed by atoms with Crippen LogP contribution in [0.1, 0.15) is 29.7 Å². The van der Waals surface area contributed by atoms with E-state index in [0.29, 0.717) is 0 Å². The maximum absolute atomic E-state index is 6.10. The highest BCUT2D eigenvalue weighted by Crippen LogP contribution is 2.36. The van der Waals surface area contributed by atoms with Gasteiger partial charge in [0, 0.05) is 6.54 Å². The van der Waals surface area contributed by atoms with Gasteiger partial charge in [-0.1, -0.05) is 0 Å². The Morgan fingerprint density at radius 2 is 2.26 bits per heavy atom. The zero-order valence-corrected chi connectivity index (χ0v) is 11.7. The fourth-order valence-corrected chi connectivity index (χ4v) is 2.89.